The molecular formula is C16H23NO2. The number of nitrogen functional groups attached to an aromatic ring is 1. The number of rotatable bonds is 4. The Morgan fingerprint density at radius 3 is 2.89 bits per heavy atom. The van der Waals surface area contributed by atoms with E-state index in [2.05, 4.69) is 6.92 Å². The number of anilines is 1. The SMILES string of the molecule is CC1CCCC(OC(=O)CCc2ccccc2N)C1. The van der Waals surface area contributed by atoms with Crippen molar-refractivity contribution >= 4 is 11.7 Å². The summed E-state index contributed by atoms with van der Waals surface area (Å²) in [6.45, 7) is 2.23. The summed E-state index contributed by atoms with van der Waals surface area (Å²) in [5.74, 6) is 0.582. The third-order valence-electron chi connectivity index (χ3n) is 3.84. The number of carbonyl (C=O) groups is 1. The predicted molar refractivity (Wildman–Crippen MR) is 76.7 cm³/mol. The number of ether oxygens (including phenoxy) is 1. The van der Waals surface area contributed by atoms with Gasteiger partial charge >= 0.3 is 5.97 Å². The number of hydrogen-bond acceptors (Lipinski definition) is 3. The number of esters is 1. The Hall–Kier alpha value is -1.51. The van der Waals surface area contributed by atoms with Crippen LogP contribution in [0.5, 0.6) is 0 Å². The van der Waals surface area contributed by atoms with Gasteiger partial charge in [0.15, 0.2) is 0 Å². The van der Waals surface area contributed by atoms with Crippen molar-refractivity contribution in [2.45, 2.75) is 51.6 Å². The summed E-state index contributed by atoms with van der Waals surface area (Å²) in [7, 11) is 0. The maximum atomic E-state index is 11.8. The van der Waals surface area contributed by atoms with Crippen molar-refractivity contribution in [3.05, 3.63) is 29.8 Å². The third kappa shape index (κ3) is 4.27. The topological polar surface area (TPSA) is 52.3 Å². The quantitative estimate of drug-likeness (QED) is 0.668. The van der Waals surface area contributed by atoms with Gasteiger partial charge in [0.25, 0.3) is 0 Å². The van der Waals surface area contributed by atoms with Gasteiger partial charge in [-0.15, -0.1) is 0 Å². The van der Waals surface area contributed by atoms with Gasteiger partial charge in [-0.2, -0.15) is 0 Å². The Morgan fingerprint density at radius 1 is 1.37 bits per heavy atom. The van der Waals surface area contributed by atoms with Crippen LogP contribution in [0.4, 0.5) is 5.69 Å². The van der Waals surface area contributed by atoms with E-state index in [-0.39, 0.29) is 12.1 Å². The molecule has 2 unspecified atom stereocenters. The number of carbonyl (C=O) groups excluding carboxylic acids is 1. The molecule has 1 fully saturated rings. The highest BCUT2D eigenvalue weighted by atomic mass is 16.5. The van der Waals surface area contributed by atoms with E-state index >= 15 is 0 Å². The molecule has 1 aliphatic rings. The zero-order valence-electron chi connectivity index (χ0n) is 11.6. The zero-order valence-corrected chi connectivity index (χ0v) is 11.6. The first-order valence-corrected chi connectivity index (χ1v) is 7.18. The van der Waals surface area contributed by atoms with Gasteiger partial charge in [0.2, 0.25) is 0 Å². The molecule has 0 aromatic heterocycles. The van der Waals surface area contributed by atoms with Gasteiger partial charge in [0, 0.05) is 12.1 Å². The van der Waals surface area contributed by atoms with E-state index in [4.69, 9.17) is 10.5 Å². The van der Waals surface area contributed by atoms with Gasteiger partial charge in [-0.3, -0.25) is 4.79 Å². The van der Waals surface area contributed by atoms with Crippen molar-refractivity contribution < 1.29 is 9.53 Å². The Kier molecular flexibility index (Phi) is 4.83. The molecule has 1 aromatic rings. The van der Waals surface area contributed by atoms with E-state index < -0.39 is 0 Å². The predicted octanol–water partition coefficient (Wildman–Crippen LogP) is 3.32. The lowest BCUT2D eigenvalue weighted by Gasteiger charge is -2.26. The summed E-state index contributed by atoms with van der Waals surface area (Å²) in [5, 5.41) is 0. The second-order valence-corrected chi connectivity index (χ2v) is 5.58. The summed E-state index contributed by atoms with van der Waals surface area (Å²) in [6.07, 6.45) is 5.67. The fourth-order valence-electron chi connectivity index (χ4n) is 2.73. The summed E-state index contributed by atoms with van der Waals surface area (Å²) >= 11 is 0. The van der Waals surface area contributed by atoms with E-state index in [0.717, 1.165) is 24.1 Å². The van der Waals surface area contributed by atoms with E-state index in [1.54, 1.807) is 0 Å². The van der Waals surface area contributed by atoms with E-state index in [1.165, 1.54) is 12.8 Å². The Morgan fingerprint density at radius 2 is 2.16 bits per heavy atom. The second-order valence-electron chi connectivity index (χ2n) is 5.58. The van der Waals surface area contributed by atoms with Crippen molar-refractivity contribution in [2.75, 3.05) is 5.73 Å². The second kappa shape index (κ2) is 6.60. The van der Waals surface area contributed by atoms with Crippen LogP contribution < -0.4 is 5.73 Å². The smallest absolute Gasteiger partial charge is 0.306 e. The van der Waals surface area contributed by atoms with Crippen molar-refractivity contribution in [1.82, 2.24) is 0 Å². The average molecular weight is 261 g/mol. The molecule has 2 atom stereocenters. The first-order chi connectivity index (χ1) is 9.15. The highest BCUT2D eigenvalue weighted by Crippen LogP contribution is 2.26. The summed E-state index contributed by atoms with van der Waals surface area (Å²) < 4.78 is 5.54. The lowest BCUT2D eigenvalue weighted by molar-refractivity contribution is -0.151. The van der Waals surface area contributed by atoms with Crippen LogP contribution in [-0.4, -0.2) is 12.1 Å². The summed E-state index contributed by atoms with van der Waals surface area (Å²) in [5.41, 5.74) is 7.63. The standard InChI is InChI=1S/C16H23NO2/c1-12-5-4-7-14(11-12)19-16(18)10-9-13-6-2-3-8-15(13)17/h2-3,6,8,12,14H,4-5,7,9-11,17H2,1H3. The van der Waals surface area contributed by atoms with Crippen LogP contribution in [0.25, 0.3) is 0 Å². The van der Waals surface area contributed by atoms with Gasteiger partial charge in [-0.05, 0) is 43.2 Å². The number of hydrogen-bond donors (Lipinski definition) is 1. The van der Waals surface area contributed by atoms with Crippen LogP contribution in [0, 0.1) is 5.92 Å². The van der Waals surface area contributed by atoms with Crippen LogP contribution >= 0.6 is 0 Å². The highest BCUT2D eigenvalue weighted by molar-refractivity contribution is 5.70. The molecule has 0 radical (unpaired) electrons. The zero-order chi connectivity index (χ0) is 13.7. The minimum absolute atomic E-state index is 0.0950. The molecule has 0 aliphatic heterocycles. The highest BCUT2D eigenvalue weighted by Gasteiger charge is 2.21. The van der Waals surface area contributed by atoms with Crippen molar-refractivity contribution in [3.63, 3.8) is 0 Å². The van der Waals surface area contributed by atoms with Crippen molar-refractivity contribution in [3.8, 4) is 0 Å². The Bertz CT molecular complexity index is 431. The van der Waals surface area contributed by atoms with Gasteiger partial charge in [-0.25, -0.2) is 0 Å². The molecule has 104 valence electrons. The molecule has 2 rings (SSSR count). The number of benzene rings is 1. The lowest BCUT2D eigenvalue weighted by Crippen LogP contribution is -2.24. The van der Waals surface area contributed by atoms with Crippen LogP contribution in [0.2, 0.25) is 0 Å². The first-order valence-electron chi connectivity index (χ1n) is 7.18. The summed E-state index contributed by atoms with van der Waals surface area (Å²) in [6, 6.07) is 7.68. The van der Waals surface area contributed by atoms with Gasteiger partial charge in [0.05, 0.1) is 0 Å². The largest absolute Gasteiger partial charge is 0.462 e. The van der Waals surface area contributed by atoms with E-state index in [0.29, 0.717) is 18.8 Å². The fraction of sp³-hybridized carbons (Fsp3) is 0.562. The van der Waals surface area contributed by atoms with Crippen molar-refractivity contribution in [1.29, 1.82) is 0 Å². The first kappa shape index (κ1) is 13.9. The lowest BCUT2D eigenvalue weighted by atomic mass is 9.89. The average Bonchev–Trinajstić information content (AvgIpc) is 2.38. The molecule has 1 aromatic carbocycles. The third-order valence-corrected chi connectivity index (χ3v) is 3.84. The van der Waals surface area contributed by atoms with Gasteiger partial charge < -0.3 is 10.5 Å². The molecule has 0 heterocycles. The Balaban J connectivity index is 1.77. The van der Waals surface area contributed by atoms with Crippen LogP contribution in [0.1, 0.15) is 44.6 Å². The monoisotopic (exact) mass is 261 g/mol. The normalized spacial score (nSPS) is 23.0. The maximum absolute atomic E-state index is 11.8. The number of para-hydroxylation sites is 1. The molecule has 2 N–H and O–H groups in total. The van der Waals surface area contributed by atoms with E-state index in [9.17, 15) is 4.79 Å². The van der Waals surface area contributed by atoms with E-state index in [1.807, 2.05) is 24.3 Å². The summed E-state index contributed by atoms with van der Waals surface area (Å²) in [4.78, 5) is 11.8. The van der Waals surface area contributed by atoms with Crippen molar-refractivity contribution in [2.24, 2.45) is 5.92 Å². The fourth-order valence-corrected chi connectivity index (χ4v) is 2.73. The molecule has 0 amide bonds. The van der Waals surface area contributed by atoms with Crippen LogP contribution in [-0.2, 0) is 16.0 Å². The molecule has 3 heteroatoms. The molecule has 1 saturated carbocycles. The molecular weight excluding hydrogens is 238 g/mol. The molecule has 19 heavy (non-hydrogen) atoms. The molecule has 0 saturated heterocycles. The minimum atomic E-state index is -0.0950. The Labute approximate surface area is 115 Å². The maximum Gasteiger partial charge on any atom is 0.306 e. The van der Waals surface area contributed by atoms with Gasteiger partial charge in [0.1, 0.15) is 6.10 Å². The van der Waals surface area contributed by atoms with Crippen LogP contribution in [0.15, 0.2) is 24.3 Å². The van der Waals surface area contributed by atoms with Gasteiger partial charge in [-0.1, -0.05) is 31.5 Å². The molecule has 1 aliphatic carbocycles. The number of nitrogens with two attached hydrogens (primary N) is 1. The molecule has 0 spiro atoms. The molecule has 3 nitrogen and oxygen atoms in total. The number of aryl methyl sites for hydroxylation is 1. The molecule has 0 bridgehead atoms. The van der Waals surface area contributed by atoms with Crippen LogP contribution in [0.3, 0.4) is 0 Å². The minimum Gasteiger partial charge on any atom is -0.462 e.